The quantitative estimate of drug-likeness (QED) is 0.276. The van der Waals surface area contributed by atoms with Crippen LogP contribution in [0, 0.1) is 17.7 Å². The SMILES string of the molecule is CNC(=O)C#Cc1cc2c(N(C(=O)c3ccc(-n4nnc5cccnc54)cc3F)[C@@H]3CCCN(C(=O)OC(C)(C)C)C3)nccc2s1. The van der Waals surface area contributed by atoms with Crippen LogP contribution >= 0.6 is 11.3 Å². The molecule has 12 nitrogen and oxygen atoms in total. The number of fused-ring (bicyclic) bond motifs is 2. The van der Waals surface area contributed by atoms with Gasteiger partial charge in [-0.1, -0.05) is 5.21 Å². The van der Waals surface area contributed by atoms with Gasteiger partial charge in [0.15, 0.2) is 5.65 Å². The molecule has 1 fully saturated rings. The van der Waals surface area contributed by atoms with E-state index in [4.69, 9.17) is 4.74 Å². The number of hydrogen-bond acceptors (Lipinski definition) is 9. The second kappa shape index (κ2) is 12.8. The number of nitrogens with zero attached hydrogens (tertiary/aromatic N) is 7. The molecule has 0 unspecified atom stereocenters. The molecule has 0 saturated carbocycles. The van der Waals surface area contributed by atoms with Gasteiger partial charge in [0, 0.05) is 54.6 Å². The van der Waals surface area contributed by atoms with Crippen LogP contribution in [0.5, 0.6) is 0 Å². The Morgan fingerprint density at radius 2 is 1.96 bits per heavy atom. The fourth-order valence-corrected chi connectivity index (χ4v) is 6.26. The normalized spacial score (nSPS) is 14.8. The number of piperidine rings is 1. The van der Waals surface area contributed by atoms with E-state index >= 15 is 4.39 Å². The third kappa shape index (κ3) is 6.61. The van der Waals surface area contributed by atoms with E-state index in [0.717, 1.165) is 4.70 Å². The number of hydrogen-bond donors (Lipinski definition) is 1. The van der Waals surface area contributed by atoms with E-state index in [9.17, 15) is 14.4 Å². The molecule has 3 amide bonds. The van der Waals surface area contributed by atoms with Crippen molar-refractivity contribution in [2.24, 2.45) is 0 Å². The molecule has 1 aliphatic rings. The van der Waals surface area contributed by atoms with E-state index in [1.54, 1.807) is 68.4 Å². The van der Waals surface area contributed by atoms with E-state index in [2.05, 4.69) is 37.4 Å². The number of rotatable bonds is 4. The minimum Gasteiger partial charge on any atom is -0.444 e. The Kier molecular flexibility index (Phi) is 8.57. The lowest BCUT2D eigenvalue weighted by Crippen LogP contribution is -2.53. The van der Waals surface area contributed by atoms with Gasteiger partial charge < -0.3 is 15.0 Å². The number of anilines is 1. The van der Waals surface area contributed by atoms with Crippen LogP contribution < -0.4 is 10.2 Å². The van der Waals surface area contributed by atoms with Crippen molar-refractivity contribution in [1.82, 2.24) is 35.2 Å². The number of carbonyl (C=O) groups excluding carboxylic acids is 3. The highest BCUT2D eigenvalue weighted by Gasteiger charge is 2.36. The number of carbonyl (C=O) groups is 3. The molecule has 0 radical (unpaired) electrons. The Hall–Kier alpha value is -5.42. The van der Waals surface area contributed by atoms with Crippen molar-refractivity contribution < 1.29 is 23.5 Å². The summed E-state index contributed by atoms with van der Waals surface area (Å²) in [5.74, 6) is 3.84. The summed E-state index contributed by atoms with van der Waals surface area (Å²) in [6, 6.07) is 10.7. The fraction of sp³-hybridized carbons (Fsp3) is 0.303. The summed E-state index contributed by atoms with van der Waals surface area (Å²) in [7, 11) is 1.49. The van der Waals surface area contributed by atoms with Crippen LogP contribution in [0.4, 0.5) is 15.0 Å². The summed E-state index contributed by atoms with van der Waals surface area (Å²) >= 11 is 1.34. The first kappa shape index (κ1) is 31.6. The monoisotopic (exact) mass is 654 g/mol. The molecule has 1 aliphatic heterocycles. The minimum absolute atomic E-state index is 0.155. The number of thiophene rings is 1. The average molecular weight is 655 g/mol. The highest BCUT2D eigenvalue weighted by Crippen LogP contribution is 2.35. The van der Waals surface area contributed by atoms with Crippen molar-refractivity contribution in [3.05, 3.63) is 71.1 Å². The van der Waals surface area contributed by atoms with Crippen molar-refractivity contribution in [2.45, 2.75) is 45.3 Å². The number of aromatic nitrogens is 5. The highest BCUT2D eigenvalue weighted by atomic mass is 32.1. The van der Waals surface area contributed by atoms with E-state index in [1.807, 2.05) is 0 Å². The zero-order valence-corrected chi connectivity index (χ0v) is 27.0. The standard InChI is InChI=1S/C33H31FN8O4S/c1-33(2,3)46-32(45)40-16-6-7-21(19-40)41(29-24-18-22(10-12-28(43)35-4)47-27(24)13-15-37-29)31(44)23-11-9-20(17-25(23)34)42-30-26(38-39-42)8-5-14-36-30/h5,8-9,11,13-15,17-18,21H,6-7,16,19H2,1-4H3,(H,35,43)/t21-/m1/s1. The second-order valence-electron chi connectivity index (χ2n) is 11.9. The largest absolute Gasteiger partial charge is 0.444 e. The van der Waals surface area contributed by atoms with Crippen LogP contribution in [0.25, 0.3) is 26.9 Å². The molecule has 6 rings (SSSR count). The van der Waals surface area contributed by atoms with Crippen LogP contribution in [-0.4, -0.2) is 79.5 Å². The van der Waals surface area contributed by atoms with Gasteiger partial charge in [0.1, 0.15) is 22.8 Å². The third-order valence-corrected chi connectivity index (χ3v) is 8.46. The van der Waals surface area contributed by atoms with Crippen LogP contribution in [0.1, 0.15) is 48.8 Å². The van der Waals surface area contributed by atoms with Gasteiger partial charge in [-0.2, -0.15) is 4.68 Å². The van der Waals surface area contributed by atoms with Crippen molar-refractivity contribution >= 4 is 56.3 Å². The summed E-state index contributed by atoms with van der Waals surface area (Å²) in [6.07, 6.45) is 3.79. The molecule has 1 saturated heterocycles. The predicted octanol–water partition coefficient (Wildman–Crippen LogP) is 4.71. The minimum atomic E-state index is -0.772. The molecular weight excluding hydrogens is 623 g/mol. The zero-order chi connectivity index (χ0) is 33.3. The number of amides is 3. The van der Waals surface area contributed by atoms with Gasteiger partial charge in [-0.15, -0.1) is 16.4 Å². The molecule has 47 heavy (non-hydrogen) atoms. The number of ether oxygens (including phenoxy) is 1. The summed E-state index contributed by atoms with van der Waals surface area (Å²) in [4.78, 5) is 51.8. The molecule has 5 heterocycles. The lowest BCUT2D eigenvalue weighted by Gasteiger charge is -2.39. The molecule has 0 aliphatic carbocycles. The number of pyridine rings is 2. The molecule has 0 spiro atoms. The smallest absolute Gasteiger partial charge is 0.410 e. The Bertz CT molecular complexity index is 2080. The topological polar surface area (TPSA) is 135 Å². The third-order valence-electron chi connectivity index (χ3n) is 7.45. The van der Waals surface area contributed by atoms with Crippen molar-refractivity contribution in [1.29, 1.82) is 0 Å². The number of nitrogens with one attached hydrogen (secondary N) is 1. The maximum Gasteiger partial charge on any atom is 0.410 e. The van der Waals surface area contributed by atoms with Crippen LogP contribution in [0.15, 0.2) is 54.9 Å². The Morgan fingerprint density at radius 1 is 1.13 bits per heavy atom. The summed E-state index contributed by atoms with van der Waals surface area (Å²) in [5, 5.41) is 11.3. The molecule has 0 bridgehead atoms. The average Bonchev–Trinajstić information content (AvgIpc) is 3.68. The first-order valence-corrected chi connectivity index (χ1v) is 15.7. The lowest BCUT2D eigenvalue weighted by atomic mass is 10.0. The van der Waals surface area contributed by atoms with Gasteiger partial charge >= 0.3 is 6.09 Å². The fourth-order valence-electron chi connectivity index (χ4n) is 5.35. The van der Waals surface area contributed by atoms with Gasteiger partial charge in [-0.3, -0.25) is 14.5 Å². The molecule has 1 N–H and O–H groups in total. The number of likely N-dealkylation sites (tertiary alicyclic amines) is 1. The Balaban J connectivity index is 1.41. The summed E-state index contributed by atoms with van der Waals surface area (Å²) < 4.78 is 23.8. The number of benzene rings is 1. The summed E-state index contributed by atoms with van der Waals surface area (Å²) in [5.41, 5.74) is 0.443. The van der Waals surface area contributed by atoms with E-state index in [1.165, 1.54) is 40.1 Å². The van der Waals surface area contributed by atoms with Gasteiger partial charge in [-0.25, -0.2) is 19.2 Å². The maximum absolute atomic E-state index is 16.0. The van der Waals surface area contributed by atoms with E-state index in [0.29, 0.717) is 52.3 Å². The second-order valence-corrected chi connectivity index (χ2v) is 13.0. The predicted molar refractivity (Wildman–Crippen MR) is 175 cm³/mol. The van der Waals surface area contributed by atoms with Crippen molar-refractivity contribution in [2.75, 3.05) is 25.0 Å². The van der Waals surface area contributed by atoms with Crippen molar-refractivity contribution in [3.8, 4) is 17.5 Å². The molecule has 14 heteroatoms. The molecular formula is C33H31FN8O4S. The Labute approximate surface area is 273 Å². The van der Waals surface area contributed by atoms with Crippen molar-refractivity contribution in [3.63, 3.8) is 0 Å². The Morgan fingerprint density at radius 3 is 2.72 bits per heavy atom. The highest BCUT2D eigenvalue weighted by molar-refractivity contribution is 7.19. The zero-order valence-electron chi connectivity index (χ0n) is 26.2. The molecule has 5 aromatic rings. The summed E-state index contributed by atoms with van der Waals surface area (Å²) in [6.45, 7) is 5.98. The van der Waals surface area contributed by atoms with Gasteiger partial charge in [0.05, 0.1) is 22.2 Å². The van der Waals surface area contributed by atoms with Gasteiger partial charge in [-0.05, 0) is 75.9 Å². The van der Waals surface area contributed by atoms with E-state index in [-0.39, 0.29) is 12.1 Å². The van der Waals surface area contributed by atoms with Gasteiger partial charge in [0.2, 0.25) is 0 Å². The first-order chi connectivity index (χ1) is 22.5. The first-order valence-electron chi connectivity index (χ1n) is 14.9. The molecule has 4 aromatic heterocycles. The van der Waals surface area contributed by atoms with Crippen LogP contribution in [0.3, 0.4) is 0 Å². The molecule has 1 aromatic carbocycles. The molecule has 1 atom stereocenters. The van der Waals surface area contributed by atoms with E-state index < -0.39 is 35.4 Å². The lowest BCUT2D eigenvalue weighted by molar-refractivity contribution is -0.115. The molecule has 240 valence electrons. The van der Waals surface area contributed by atoms with Gasteiger partial charge in [0.25, 0.3) is 11.8 Å². The van der Waals surface area contributed by atoms with Crippen LogP contribution in [0.2, 0.25) is 0 Å². The van der Waals surface area contributed by atoms with Crippen LogP contribution in [-0.2, 0) is 9.53 Å². The maximum atomic E-state index is 16.0. The number of halogens is 1.